The van der Waals surface area contributed by atoms with E-state index in [-0.39, 0.29) is 0 Å². The topological polar surface area (TPSA) is 21.3 Å². The SMILES string of the molecule is CCNC(C)CCc1ccc(COC)cc1. The summed E-state index contributed by atoms with van der Waals surface area (Å²) in [5.74, 6) is 0. The predicted molar refractivity (Wildman–Crippen MR) is 68.6 cm³/mol. The van der Waals surface area contributed by atoms with E-state index in [1.165, 1.54) is 17.5 Å². The third-order valence-electron chi connectivity index (χ3n) is 2.75. The van der Waals surface area contributed by atoms with Crippen LogP contribution in [0.5, 0.6) is 0 Å². The van der Waals surface area contributed by atoms with Gasteiger partial charge in [0.15, 0.2) is 0 Å². The number of aryl methyl sites for hydroxylation is 1. The van der Waals surface area contributed by atoms with E-state index in [0.717, 1.165) is 13.0 Å². The quantitative estimate of drug-likeness (QED) is 0.764. The van der Waals surface area contributed by atoms with Gasteiger partial charge in [-0.1, -0.05) is 31.2 Å². The van der Waals surface area contributed by atoms with Crippen LogP contribution in [0.2, 0.25) is 0 Å². The lowest BCUT2D eigenvalue weighted by Gasteiger charge is -2.11. The van der Waals surface area contributed by atoms with Crippen LogP contribution in [0.3, 0.4) is 0 Å². The molecule has 0 saturated heterocycles. The van der Waals surface area contributed by atoms with Gasteiger partial charge in [0.2, 0.25) is 0 Å². The van der Waals surface area contributed by atoms with Crippen LogP contribution in [0.1, 0.15) is 31.4 Å². The molecule has 0 aliphatic rings. The van der Waals surface area contributed by atoms with Gasteiger partial charge in [0, 0.05) is 13.2 Å². The Kier molecular flexibility index (Phi) is 6.12. The highest BCUT2D eigenvalue weighted by Crippen LogP contribution is 2.08. The van der Waals surface area contributed by atoms with Crippen molar-refractivity contribution in [3.63, 3.8) is 0 Å². The molecule has 1 rings (SSSR count). The van der Waals surface area contributed by atoms with Crippen molar-refractivity contribution in [3.05, 3.63) is 35.4 Å². The van der Waals surface area contributed by atoms with Crippen molar-refractivity contribution in [2.24, 2.45) is 0 Å². The molecule has 0 aromatic heterocycles. The monoisotopic (exact) mass is 221 g/mol. The summed E-state index contributed by atoms with van der Waals surface area (Å²) < 4.78 is 5.09. The summed E-state index contributed by atoms with van der Waals surface area (Å²) in [6, 6.07) is 9.30. The molecule has 0 spiro atoms. The van der Waals surface area contributed by atoms with Crippen molar-refractivity contribution >= 4 is 0 Å². The molecule has 0 heterocycles. The van der Waals surface area contributed by atoms with E-state index < -0.39 is 0 Å². The van der Waals surface area contributed by atoms with Crippen molar-refractivity contribution in [1.29, 1.82) is 0 Å². The Morgan fingerprint density at radius 2 is 1.81 bits per heavy atom. The molecule has 2 nitrogen and oxygen atoms in total. The highest BCUT2D eigenvalue weighted by molar-refractivity contribution is 5.22. The molecule has 0 aliphatic carbocycles. The number of methoxy groups -OCH3 is 1. The summed E-state index contributed by atoms with van der Waals surface area (Å²) in [5, 5.41) is 3.43. The molecule has 0 aliphatic heterocycles. The van der Waals surface area contributed by atoms with Crippen LogP contribution in [0.25, 0.3) is 0 Å². The molecule has 90 valence electrons. The lowest BCUT2D eigenvalue weighted by Crippen LogP contribution is -2.25. The second kappa shape index (κ2) is 7.42. The van der Waals surface area contributed by atoms with Crippen molar-refractivity contribution in [2.45, 2.75) is 39.3 Å². The van der Waals surface area contributed by atoms with Crippen molar-refractivity contribution in [3.8, 4) is 0 Å². The minimum absolute atomic E-state index is 0.601. The van der Waals surface area contributed by atoms with Gasteiger partial charge in [-0.3, -0.25) is 0 Å². The van der Waals surface area contributed by atoms with Crippen LogP contribution in [0, 0.1) is 0 Å². The smallest absolute Gasteiger partial charge is 0.0713 e. The minimum Gasteiger partial charge on any atom is -0.380 e. The Bertz CT molecular complexity index is 281. The lowest BCUT2D eigenvalue weighted by molar-refractivity contribution is 0.185. The molecular weight excluding hydrogens is 198 g/mol. The molecule has 1 aromatic rings. The number of benzene rings is 1. The maximum atomic E-state index is 5.09. The summed E-state index contributed by atoms with van der Waals surface area (Å²) >= 11 is 0. The second-order valence-corrected chi connectivity index (χ2v) is 4.25. The van der Waals surface area contributed by atoms with Gasteiger partial charge in [0.05, 0.1) is 6.61 Å². The van der Waals surface area contributed by atoms with Crippen LogP contribution in [0.4, 0.5) is 0 Å². The molecule has 1 N–H and O–H groups in total. The van der Waals surface area contributed by atoms with Crippen LogP contribution in [-0.2, 0) is 17.8 Å². The van der Waals surface area contributed by atoms with E-state index in [1.807, 2.05) is 0 Å². The molecule has 0 radical (unpaired) electrons. The molecule has 0 fully saturated rings. The summed E-state index contributed by atoms with van der Waals surface area (Å²) in [5.41, 5.74) is 2.65. The van der Waals surface area contributed by atoms with Crippen LogP contribution in [-0.4, -0.2) is 19.7 Å². The fourth-order valence-corrected chi connectivity index (χ4v) is 1.80. The molecule has 0 saturated carbocycles. The van der Waals surface area contributed by atoms with Gasteiger partial charge in [-0.2, -0.15) is 0 Å². The first kappa shape index (κ1) is 13.2. The summed E-state index contributed by atoms with van der Waals surface area (Å²) in [6.45, 7) is 6.14. The predicted octanol–water partition coefficient (Wildman–Crippen LogP) is 2.76. The van der Waals surface area contributed by atoms with E-state index in [2.05, 4.69) is 43.4 Å². The third kappa shape index (κ3) is 4.77. The average molecular weight is 221 g/mol. The Morgan fingerprint density at radius 3 is 2.38 bits per heavy atom. The highest BCUT2D eigenvalue weighted by Gasteiger charge is 2.00. The summed E-state index contributed by atoms with van der Waals surface area (Å²) in [6.07, 6.45) is 2.33. The van der Waals surface area contributed by atoms with Gasteiger partial charge in [0.1, 0.15) is 0 Å². The Morgan fingerprint density at radius 1 is 1.19 bits per heavy atom. The van der Waals surface area contributed by atoms with Gasteiger partial charge in [-0.15, -0.1) is 0 Å². The lowest BCUT2D eigenvalue weighted by atomic mass is 10.0. The summed E-state index contributed by atoms with van der Waals surface area (Å²) in [7, 11) is 1.73. The van der Waals surface area contributed by atoms with Crippen molar-refractivity contribution in [1.82, 2.24) is 5.32 Å². The number of hydrogen-bond acceptors (Lipinski definition) is 2. The Labute approximate surface area is 99.0 Å². The Hall–Kier alpha value is -0.860. The first-order valence-electron chi connectivity index (χ1n) is 6.06. The van der Waals surface area contributed by atoms with E-state index in [0.29, 0.717) is 12.6 Å². The first-order chi connectivity index (χ1) is 7.76. The van der Waals surface area contributed by atoms with E-state index in [4.69, 9.17) is 4.74 Å². The number of hydrogen-bond donors (Lipinski definition) is 1. The fraction of sp³-hybridized carbons (Fsp3) is 0.571. The van der Waals surface area contributed by atoms with E-state index in [9.17, 15) is 0 Å². The molecule has 2 heteroatoms. The molecule has 16 heavy (non-hydrogen) atoms. The summed E-state index contributed by atoms with van der Waals surface area (Å²) in [4.78, 5) is 0. The maximum absolute atomic E-state index is 5.09. The largest absolute Gasteiger partial charge is 0.380 e. The third-order valence-corrected chi connectivity index (χ3v) is 2.75. The molecule has 1 aromatic carbocycles. The number of nitrogens with one attached hydrogen (secondary N) is 1. The second-order valence-electron chi connectivity index (χ2n) is 4.25. The molecule has 1 atom stereocenters. The van der Waals surface area contributed by atoms with Crippen LogP contribution < -0.4 is 5.32 Å². The Balaban J connectivity index is 2.37. The molecule has 0 amide bonds. The van der Waals surface area contributed by atoms with Crippen LogP contribution >= 0.6 is 0 Å². The van der Waals surface area contributed by atoms with E-state index >= 15 is 0 Å². The zero-order chi connectivity index (χ0) is 11.8. The van der Waals surface area contributed by atoms with Gasteiger partial charge in [0.25, 0.3) is 0 Å². The number of rotatable bonds is 7. The van der Waals surface area contributed by atoms with Crippen molar-refractivity contribution < 1.29 is 4.74 Å². The average Bonchev–Trinajstić information content (AvgIpc) is 2.29. The normalized spacial score (nSPS) is 12.7. The highest BCUT2D eigenvalue weighted by atomic mass is 16.5. The fourth-order valence-electron chi connectivity index (χ4n) is 1.80. The van der Waals surface area contributed by atoms with Crippen LogP contribution in [0.15, 0.2) is 24.3 Å². The number of ether oxygens (including phenoxy) is 1. The van der Waals surface area contributed by atoms with Gasteiger partial charge in [-0.05, 0) is 37.4 Å². The minimum atomic E-state index is 0.601. The first-order valence-corrected chi connectivity index (χ1v) is 6.06. The molecule has 0 bridgehead atoms. The maximum Gasteiger partial charge on any atom is 0.0713 e. The van der Waals surface area contributed by atoms with Crippen molar-refractivity contribution in [2.75, 3.05) is 13.7 Å². The zero-order valence-corrected chi connectivity index (χ0v) is 10.6. The van der Waals surface area contributed by atoms with Gasteiger partial charge < -0.3 is 10.1 Å². The standard InChI is InChI=1S/C14H23NO/c1-4-15-12(2)5-6-13-7-9-14(10-8-13)11-16-3/h7-10,12,15H,4-6,11H2,1-3H3. The van der Waals surface area contributed by atoms with Gasteiger partial charge >= 0.3 is 0 Å². The van der Waals surface area contributed by atoms with E-state index in [1.54, 1.807) is 7.11 Å². The zero-order valence-electron chi connectivity index (χ0n) is 10.6. The molecular formula is C14H23NO. The molecule has 1 unspecified atom stereocenters. The van der Waals surface area contributed by atoms with Gasteiger partial charge in [-0.25, -0.2) is 0 Å².